The van der Waals surface area contributed by atoms with Gasteiger partial charge in [-0.1, -0.05) is 36.4 Å². The van der Waals surface area contributed by atoms with E-state index in [2.05, 4.69) is 10.6 Å². The Balaban J connectivity index is 0.000000160. The van der Waals surface area contributed by atoms with Gasteiger partial charge >= 0.3 is 0 Å². The number of rotatable bonds is 6. The molecule has 2 aromatic rings. The Bertz CT molecular complexity index is 849. The van der Waals surface area contributed by atoms with Gasteiger partial charge in [-0.3, -0.25) is 0 Å². The van der Waals surface area contributed by atoms with Gasteiger partial charge in [-0.05, 0) is 63.5 Å². The molecule has 4 heterocycles. The molecule has 192 valence electrons. The average Bonchev–Trinajstić information content (AvgIpc) is 3.37. The second-order valence-corrected chi connectivity index (χ2v) is 10.3. The maximum absolute atomic E-state index is 13.4. The molecule has 2 aromatic carbocycles. The summed E-state index contributed by atoms with van der Waals surface area (Å²) in [5, 5.41) is 7.15. The zero-order valence-corrected chi connectivity index (χ0v) is 21.0. The summed E-state index contributed by atoms with van der Waals surface area (Å²) < 4.78 is 38.5. The molecule has 4 fully saturated rings. The highest BCUT2D eigenvalue weighted by Gasteiger charge is 2.34. The van der Waals surface area contributed by atoms with E-state index in [1.54, 1.807) is 24.3 Å². The predicted octanol–water partition coefficient (Wildman–Crippen LogP) is 5.67. The number of piperidine rings is 2. The van der Waals surface area contributed by atoms with E-state index in [0.29, 0.717) is 60.7 Å². The standard InChI is InChI=1S/2C14H18FNO.ClH/c2*15-14-4-2-1-3-10(14)9-17-13-7-11-5-6-12(8-13)16-11;/h2*1-4,11-13,16H,5-9H2;1H. The lowest BCUT2D eigenvalue weighted by atomic mass is 10.0. The van der Waals surface area contributed by atoms with Crippen LogP contribution in [0.2, 0.25) is 0 Å². The number of hydrogen-bond acceptors (Lipinski definition) is 4. The van der Waals surface area contributed by atoms with Crippen molar-refractivity contribution in [3.8, 4) is 0 Å². The molecule has 2 N–H and O–H groups in total. The monoisotopic (exact) mass is 506 g/mol. The number of benzene rings is 2. The van der Waals surface area contributed by atoms with Crippen molar-refractivity contribution in [1.82, 2.24) is 10.6 Å². The Morgan fingerprint density at radius 1 is 0.600 bits per heavy atom. The Kier molecular flexibility index (Phi) is 9.53. The lowest BCUT2D eigenvalue weighted by molar-refractivity contribution is 0.00781. The van der Waals surface area contributed by atoms with Crippen molar-refractivity contribution in [1.29, 1.82) is 0 Å². The van der Waals surface area contributed by atoms with Crippen LogP contribution in [0.5, 0.6) is 0 Å². The summed E-state index contributed by atoms with van der Waals surface area (Å²) >= 11 is 0. The molecule has 4 aliphatic heterocycles. The fraction of sp³-hybridized carbons (Fsp3) is 0.571. The van der Waals surface area contributed by atoms with Crippen LogP contribution in [-0.2, 0) is 22.7 Å². The van der Waals surface area contributed by atoms with Crippen LogP contribution in [0.25, 0.3) is 0 Å². The fourth-order valence-corrected chi connectivity index (χ4v) is 5.93. The van der Waals surface area contributed by atoms with Crippen LogP contribution in [0, 0.1) is 11.6 Å². The molecule has 4 nitrogen and oxygen atoms in total. The molecule has 6 rings (SSSR count). The van der Waals surface area contributed by atoms with Crippen LogP contribution in [0.3, 0.4) is 0 Å². The Morgan fingerprint density at radius 2 is 0.943 bits per heavy atom. The average molecular weight is 507 g/mol. The van der Waals surface area contributed by atoms with Crippen molar-refractivity contribution in [2.75, 3.05) is 0 Å². The minimum absolute atomic E-state index is 0. The lowest BCUT2D eigenvalue weighted by Crippen LogP contribution is -2.41. The van der Waals surface area contributed by atoms with Gasteiger partial charge in [-0.25, -0.2) is 8.78 Å². The number of nitrogens with one attached hydrogen (secondary N) is 2. The second kappa shape index (κ2) is 12.6. The van der Waals surface area contributed by atoms with Gasteiger partial charge in [-0.2, -0.15) is 0 Å². The van der Waals surface area contributed by atoms with E-state index in [-0.39, 0.29) is 24.0 Å². The molecule has 4 bridgehead atoms. The summed E-state index contributed by atoms with van der Waals surface area (Å²) in [5.74, 6) is -0.325. The molecular formula is C28H37ClF2N2O2. The quantitative estimate of drug-likeness (QED) is 0.529. The molecule has 4 aliphatic rings. The summed E-state index contributed by atoms with van der Waals surface area (Å²) in [6.07, 6.45) is 9.97. The fourth-order valence-electron chi connectivity index (χ4n) is 5.93. The third-order valence-electron chi connectivity index (χ3n) is 7.72. The van der Waals surface area contributed by atoms with Crippen LogP contribution in [0.4, 0.5) is 8.78 Å². The smallest absolute Gasteiger partial charge is 0.128 e. The van der Waals surface area contributed by atoms with E-state index in [4.69, 9.17) is 9.47 Å². The van der Waals surface area contributed by atoms with Gasteiger partial charge in [0.25, 0.3) is 0 Å². The molecular weight excluding hydrogens is 470 g/mol. The second-order valence-electron chi connectivity index (χ2n) is 10.3. The Hall–Kier alpha value is -1.57. The van der Waals surface area contributed by atoms with Gasteiger partial charge in [0.1, 0.15) is 11.6 Å². The number of halogens is 3. The van der Waals surface area contributed by atoms with Gasteiger partial charge in [0.05, 0.1) is 25.4 Å². The van der Waals surface area contributed by atoms with Gasteiger partial charge < -0.3 is 20.1 Å². The van der Waals surface area contributed by atoms with Gasteiger partial charge in [0.2, 0.25) is 0 Å². The van der Waals surface area contributed by atoms with E-state index >= 15 is 0 Å². The first-order chi connectivity index (χ1) is 16.6. The van der Waals surface area contributed by atoms with E-state index < -0.39 is 0 Å². The van der Waals surface area contributed by atoms with Gasteiger partial charge in [0, 0.05) is 35.3 Å². The SMILES string of the molecule is Cl.Fc1ccccc1COC1CC2CCC(C1)N2.Fc1ccccc1COC1CC2CCC(C1)N2. The van der Waals surface area contributed by atoms with Crippen LogP contribution < -0.4 is 10.6 Å². The highest BCUT2D eigenvalue weighted by Crippen LogP contribution is 2.30. The molecule has 7 heteroatoms. The topological polar surface area (TPSA) is 42.5 Å². The van der Waals surface area contributed by atoms with Gasteiger partial charge in [0.15, 0.2) is 0 Å². The first-order valence-electron chi connectivity index (χ1n) is 12.8. The minimum atomic E-state index is -0.163. The normalized spacial score (nSPS) is 30.8. The zero-order chi connectivity index (χ0) is 23.3. The maximum atomic E-state index is 13.4. The van der Waals surface area contributed by atoms with Crippen LogP contribution >= 0.6 is 12.4 Å². The molecule has 0 saturated carbocycles. The largest absolute Gasteiger partial charge is 0.373 e. The lowest BCUT2D eigenvalue weighted by Gasteiger charge is -2.29. The van der Waals surface area contributed by atoms with Crippen molar-refractivity contribution < 1.29 is 18.3 Å². The number of fused-ring (bicyclic) bond motifs is 4. The van der Waals surface area contributed by atoms with Crippen molar-refractivity contribution in [2.24, 2.45) is 0 Å². The molecule has 0 amide bonds. The Labute approximate surface area is 213 Å². The summed E-state index contributed by atoms with van der Waals surface area (Å²) in [7, 11) is 0. The highest BCUT2D eigenvalue weighted by molar-refractivity contribution is 5.85. The van der Waals surface area contributed by atoms with Crippen molar-refractivity contribution >= 4 is 12.4 Å². The van der Waals surface area contributed by atoms with Crippen LogP contribution in [-0.4, -0.2) is 36.4 Å². The number of hydrogen-bond donors (Lipinski definition) is 2. The third kappa shape index (κ3) is 7.23. The first kappa shape index (κ1) is 26.5. The molecule has 35 heavy (non-hydrogen) atoms. The van der Waals surface area contributed by atoms with E-state index in [1.165, 1.54) is 37.8 Å². The van der Waals surface area contributed by atoms with Crippen LogP contribution in [0.15, 0.2) is 48.5 Å². The first-order valence-corrected chi connectivity index (χ1v) is 12.8. The predicted molar refractivity (Wildman–Crippen MR) is 136 cm³/mol. The van der Waals surface area contributed by atoms with E-state index in [0.717, 1.165) is 25.7 Å². The molecule has 0 aliphatic carbocycles. The summed E-state index contributed by atoms with van der Waals surface area (Å²) in [6, 6.07) is 16.2. The highest BCUT2D eigenvalue weighted by atomic mass is 35.5. The molecule has 4 unspecified atom stereocenters. The van der Waals surface area contributed by atoms with E-state index in [9.17, 15) is 8.78 Å². The van der Waals surface area contributed by atoms with Crippen molar-refractivity contribution in [3.05, 3.63) is 71.3 Å². The molecule has 4 atom stereocenters. The molecule has 0 spiro atoms. The summed E-state index contributed by atoms with van der Waals surface area (Å²) in [6.45, 7) is 0.799. The van der Waals surface area contributed by atoms with E-state index in [1.807, 2.05) is 12.1 Å². The van der Waals surface area contributed by atoms with Crippen molar-refractivity contribution in [2.45, 2.75) is 101 Å². The zero-order valence-electron chi connectivity index (χ0n) is 20.1. The number of ether oxygens (including phenoxy) is 2. The van der Waals surface area contributed by atoms with Crippen molar-refractivity contribution in [3.63, 3.8) is 0 Å². The Morgan fingerprint density at radius 3 is 1.29 bits per heavy atom. The molecule has 0 aromatic heterocycles. The van der Waals surface area contributed by atoms with Gasteiger partial charge in [-0.15, -0.1) is 12.4 Å². The third-order valence-corrected chi connectivity index (χ3v) is 7.72. The summed E-state index contributed by atoms with van der Waals surface area (Å²) in [4.78, 5) is 0. The minimum Gasteiger partial charge on any atom is -0.373 e. The molecule has 4 saturated heterocycles. The summed E-state index contributed by atoms with van der Waals surface area (Å²) in [5.41, 5.74) is 1.33. The van der Waals surface area contributed by atoms with Crippen LogP contribution in [0.1, 0.15) is 62.5 Å². The molecule has 0 radical (unpaired) electrons. The maximum Gasteiger partial charge on any atom is 0.128 e.